The zero-order valence-electron chi connectivity index (χ0n) is 11.5. The highest BCUT2D eigenvalue weighted by Gasteiger charge is 2.07. The van der Waals surface area contributed by atoms with Gasteiger partial charge in [0.25, 0.3) is 0 Å². The number of aryl methyl sites for hydroxylation is 1. The van der Waals surface area contributed by atoms with Crippen molar-refractivity contribution in [2.75, 3.05) is 11.9 Å². The molecule has 0 saturated heterocycles. The van der Waals surface area contributed by atoms with Crippen molar-refractivity contribution in [2.45, 2.75) is 33.4 Å². The maximum Gasteiger partial charge on any atom is 0.226 e. The Morgan fingerprint density at radius 3 is 2.95 bits per heavy atom. The minimum absolute atomic E-state index is 0.177. The van der Waals surface area contributed by atoms with Crippen molar-refractivity contribution in [3.05, 3.63) is 30.2 Å². The second kappa shape index (κ2) is 6.17. The number of hydrogen-bond acceptors (Lipinski definition) is 5. The molecular formula is C13H19N5O. The number of anilines is 1. The van der Waals surface area contributed by atoms with Crippen LogP contribution in [-0.2, 0) is 6.54 Å². The molecule has 0 aliphatic carbocycles. The SMILES string of the molecule is CCOc1cc(C)nc(NC(C)Cn2cccn2)n1. The molecule has 1 unspecified atom stereocenters. The third-order valence-corrected chi connectivity index (χ3v) is 2.52. The first kappa shape index (κ1) is 13.3. The van der Waals surface area contributed by atoms with E-state index in [0.29, 0.717) is 18.4 Å². The van der Waals surface area contributed by atoms with E-state index in [4.69, 9.17) is 4.74 Å². The van der Waals surface area contributed by atoms with Crippen LogP contribution in [0.4, 0.5) is 5.95 Å². The molecule has 2 rings (SSSR count). The van der Waals surface area contributed by atoms with E-state index in [2.05, 4.69) is 27.3 Å². The Kier molecular flexibility index (Phi) is 4.33. The van der Waals surface area contributed by atoms with Crippen molar-refractivity contribution in [3.8, 4) is 5.88 Å². The fourth-order valence-corrected chi connectivity index (χ4v) is 1.78. The van der Waals surface area contributed by atoms with Gasteiger partial charge in [-0.05, 0) is 26.8 Å². The third kappa shape index (κ3) is 3.94. The highest BCUT2D eigenvalue weighted by Crippen LogP contribution is 2.12. The zero-order valence-corrected chi connectivity index (χ0v) is 11.5. The fraction of sp³-hybridized carbons (Fsp3) is 0.462. The van der Waals surface area contributed by atoms with Gasteiger partial charge < -0.3 is 10.1 Å². The smallest absolute Gasteiger partial charge is 0.226 e. The molecular weight excluding hydrogens is 242 g/mol. The lowest BCUT2D eigenvalue weighted by molar-refractivity contribution is 0.326. The van der Waals surface area contributed by atoms with Crippen LogP contribution in [-0.4, -0.2) is 32.4 Å². The molecule has 0 bridgehead atoms. The maximum atomic E-state index is 5.41. The van der Waals surface area contributed by atoms with Crippen molar-refractivity contribution in [1.82, 2.24) is 19.7 Å². The highest BCUT2D eigenvalue weighted by molar-refractivity contribution is 5.31. The van der Waals surface area contributed by atoms with Crippen LogP contribution in [0.25, 0.3) is 0 Å². The quantitative estimate of drug-likeness (QED) is 0.860. The molecule has 102 valence electrons. The van der Waals surface area contributed by atoms with Crippen LogP contribution in [0, 0.1) is 6.92 Å². The molecule has 0 aliphatic rings. The van der Waals surface area contributed by atoms with E-state index in [0.717, 1.165) is 12.2 Å². The average molecular weight is 261 g/mol. The summed E-state index contributed by atoms with van der Waals surface area (Å²) in [7, 11) is 0. The summed E-state index contributed by atoms with van der Waals surface area (Å²) in [6.07, 6.45) is 3.70. The molecule has 2 aromatic heterocycles. The van der Waals surface area contributed by atoms with E-state index in [1.807, 2.05) is 36.9 Å². The Hall–Kier alpha value is -2.11. The van der Waals surface area contributed by atoms with E-state index in [1.165, 1.54) is 0 Å². The molecule has 1 N–H and O–H groups in total. The fourth-order valence-electron chi connectivity index (χ4n) is 1.78. The van der Waals surface area contributed by atoms with Gasteiger partial charge in [-0.25, -0.2) is 4.98 Å². The van der Waals surface area contributed by atoms with Crippen LogP contribution in [0.2, 0.25) is 0 Å². The van der Waals surface area contributed by atoms with Gasteiger partial charge in [-0.15, -0.1) is 0 Å². The van der Waals surface area contributed by atoms with Crippen LogP contribution in [0.5, 0.6) is 5.88 Å². The molecule has 0 amide bonds. The minimum Gasteiger partial charge on any atom is -0.478 e. The van der Waals surface area contributed by atoms with Gasteiger partial charge in [0.05, 0.1) is 13.2 Å². The molecule has 1 atom stereocenters. The second-order valence-corrected chi connectivity index (χ2v) is 4.38. The third-order valence-electron chi connectivity index (χ3n) is 2.52. The first-order valence-electron chi connectivity index (χ1n) is 6.40. The zero-order chi connectivity index (χ0) is 13.7. The summed E-state index contributed by atoms with van der Waals surface area (Å²) in [5, 5.41) is 7.43. The number of ether oxygens (including phenoxy) is 1. The summed E-state index contributed by atoms with van der Waals surface area (Å²) in [5.41, 5.74) is 0.882. The first-order chi connectivity index (χ1) is 9.17. The lowest BCUT2D eigenvalue weighted by Crippen LogP contribution is -2.23. The lowest BCUT2D eigenvalue weighted by Gasteiger charge is -2.14. The maximum absolute atomic E-state index is 5.41. The molecule has 0 spiro atoms. The first-order valence-corrected chi connectivity index (χ1v) is 6.40. The summed E-state index contributed by atoms with van der Waals surface area (Å²) < 4.78 is 7.28. The summed E-state index contributed by atoms with van der Waals surface area (Å²) in [4.78, 5) is 8.67. The Bertz CT molecular complexity index is 512. The standard InChI is InChI=1S/C13H19N5O/c1-4-19-12-8-10(2)15-13(17-12)16-11(3)9-18-7-5-6-14-18/h5-8,11H,4,9H2,1-3H3,(H,15,16,17). The van der Waals surface area contributed by atoms with Gasteiger partial charge in [0.1, 0.15) is 0 Å². The van der Waals surface area contributed by atoms with Crippen molar-refractivity contribution in [3.63, 3.8) is 0 Å². The largest absolute Gasteiger partial charge is 0.478 e. The molecule has 0 aromatic carbocycles. The molecule has 6 nitrogen and oxygen atoms in total. The Morgan fingerprint density at radius 2 is 2.26 bits per heavy atom. The van der Waals surface area contributed by atoms with Crippen LogP contribution in [0.15, 0.2) is 24.5 Å². The number of aromatic nitrogens is 4. The Morgan fingerprint density at radius 1 is 1.42 bits per heavy atom. The van der Waals surface area contributed by atoms with Gasteiger partial charge in [0.2, 0.25) is 11.8 Å². The molecule has 0 saturated carbocycles. The van der Waals surface area contributed by atoms with Crippen LogP contribution < -0.4 is 10.1 Å². The van der Waals surface area contributed by atoms with Gasteiger partial charge in [-0.3, -0.25) is 4.68 Å². The van der Waals surface area contributed by atoms with Crippen molar-refractivity contribution in [2.24, 2.45) is 0 Å². The monoisotopic (exact) mass is 261 g/mol. The van der Waals surface area contributed by atoms with Gasteiger partial charge in [0, 0.05) is 30.2 Å². The summed E-state index contributed by atoms with van der Waals surface area (Å²) >= 11 is 0. The summed E-state index contributed by atoms with van der Waals surface area (Å²) in [6.45, 7) is 7.28. The van der Waals surface area contributed by atoms with E-state index < -0.39 is 0 Å². The lowest BCUT2D eigenvalue weighted by atomic mass is 10.3. The summed E-state index contributed by atoms with van der Waals surface area (Å²) in [6, 6.07) is 3.91. The van der Waals surface area contributed by atoms with Crippen LogP contribution in [0.3, 0.4) is 0 Å². The highest BCUT2D eigenvalue weighted by atomic mass is 16.5. The number of nitrogens with zero attached hydrogens (tertiary/aromatic N) is 4. The Balaban J connectivity index is 2.01. The van der Waals surface area contributed by atoms with Gasteiger partial charge in [0.15, 0.2) is 0 Å². The normalized spacial score (nSPS) is 12.2. The van der Waals surface area contributed by atoms with Gasteiger partial charge >= 0.3 is 0 Å². The van der Waals surface area contributed by atoms with Crippen LogP contribution in [0.1, 0.15) is 19.5 Å². The molecule has 2 aromatic rings. The van der Waals surface area contributed by atoms with E-state index >= 15 is 0 Å². The van der Waals surface area contributed by atoms with E-state index in [-0.39, 0.29) is 6.04 Å². The molecule has 6 heteroatoms. The summed E-state index contributed by atoms with van der Waals surface area (Å²) in [5.74, 6) is 1.19. The van der Waals surface area contributed by atoms with E-state index in [1.54, 1.807) is 6.20 Å². The van der Waals surface area contributed by atoms with Crippen LogP contribution >= 0.6 is 0 Å². The minimum atomic E-state index is 0.177. The average Bonchev–Trinajstić information content (AvgIpc) is 2.81. The number of nitrogens with one attached hydrogen (secondary N) is 1. The van der Waals surface area contributed by atoms with Gasteiger partial charge in [-0.2, -0.15) is 10.1 Å². The predicted octanol–water partition coefficient (Wildman–Crippen LogP) is 1.88. The van der Waals surface area contributed by atoms with Crippen molar-refractivity contribution < 1.29 is 4.74 Å². The molecule has 19 heavy (non-hydrogen) atoms. The topological polar surface area (TPSA) is 64.9 Å². The van der Waals surface area contributed by atoms with Crippen molar-refractivity contribution in [1.29, 1.82) is 0 Å². The predicted molar refractivity (Wildman–Crippen MR) is 73.2 cm³/mol. The molecule has 0 radical (unpaired) electrons. The van der Waals surface area contributed by atoms with E-state index in [9.17, 15) is 0 Å². The molecule has 0 fully saturated rings. The van der Waals surface area contributed by atoms with Crippen molar-refractivity contribution >= 4 is 5.95 Å². The van der Waals surface area contributed by atoms with Gasteiger partial charge in [-0.1, -0.05) is 0 Å². The molecule has 2 heterocycles. The number of rotatable bonds is 6. The second-order valence-electron chi connectivity index (χ2n) is 4.38. The Labute approximate surface area is 112 Å². The molecule has 0 aliphatic heterocycles. The number of hydrogen-bond donors (Lipinski definition) is 1.